The molecule has 0 unspecified atom stereocenters. The minimum absolute atomic E-state index is 0.425. The number of halogens is 1. The summed E-state index contributed by atoms with van der Waals surface area (Å²) in [5, 5.41) is 13.1. The summed E-state index contributed by atoms with van der Waals surface area (Å²) in [4.78, 5) is 16.4. The molecule has 88 valence electrons. The summed E-state index contributed by atoms with van der Waals surface area (Å²) in [6, 6.07) is 0. The van der Waals surface area contributed by atoms with Gasteiger partial charge in [0.2, 0.25) is 0 Å². The van der Waals surface area contributed by atoms with Crippen molar-refractivity contribution in [1.29, 1.82) is 0 Å². The maximum atomic E-state index is 10.4. The first-order valence-electron chi connectivity index (χ1n) is 4.37. The van der Waals surface area contributed by atoms with Crippen LogP contribution in [0.5, 0.6) is 0 Å². The van der Waals surface area contributed by atoms with E-state index in [4.69, 9.17) is 11.6 Å². The summed E-state index contributed by atoms with van der Waals surface area (Å²) in [5.74, 6) is 0.425. The van der Waals surface area contributed by atoms with Crippen molar-refractivity contribution in [3.05, 3.63) is 37.7 Å². The van der Waals surface area contributed by atoms with E-state index >= 15 is 0 Å². The van der Waals surface area contributed by atoms with Crippen molar-refractivity contribution in [3.8, 4) is 0 Å². The van der Waals surface area contributed by atoms with Gasteiger partial charge in [0.1, 0.15) is 0 Å². The molecule has 0 amide bonds. The van der Waals surface area contributed by atoms with Crippen LogP contribution in [0.4, 0.5) is 0 Å². The fourth-order valence-electron chi connectivity index (χ4n) is 1.13. The first kappa shape index (κ1) is 12.7. The van der Waals surface area contributed by atoms with Crippen LogP contribution >= 0.6 is 22.9 Å². The molecule has 1 aromatic rings. The second-order valence-electron chi connectivity index (χ2n) is 2.99. The van der Waals surface area contributed by atoms with Crippen LogP contribution in [-0.4, -0.2) is 28.9 Å². The minimum Gasteiger partial charge on any atom is -0.370 e. The zero-order chi connectivity index (χ0) is 12.1. The molecule has 0 fully saturated rings. The lowest BCUT2D eigenvalue weighted by Gasteiger charge is -2.18. The largest absolute Gasteiger partial charge is 0.370 e. The highest BCUT2D eigenvalue weighted by molar-refractivity contribution is 7.15. The van der Waals surface area contributed by atoms with E-state index in [-0.39, 0.29) is 0 Å². The number of nitrogens with zero attached hydrogens (tertiary/aromatic N) is 3. The van der Waals surface area contributed by atoms with Crippen LogP contribution in [0.25, 0.3) is 0 Å². The van der Waals surface area contributed by atoms with Crippen molar-refractivity contribution in [2.24, 2.45) is 0 Å². The third-order valence-electron chi connectivity index (χ3n) is 1.81. The van der Waals surface area contributed by atoms with Crippen LogP contribution in [0.3, 0.4) is 0 Å². The highest BCUT2D eigenvalue weighted by atomic mass is 35.5. The molecule has 1 N–H and O–H groups in total. The zero-order valence-electron chi connectivity index (χ0n) is 8.81. The monoisotopic (exact) mass is 262 g/mol. The van der Waals surface area contributed by atoms with E-state index in [2.05, 4.69) is 10.3 Å². The van der Waals surface area contributed by atoms with Gasteiger partial charge in [0.25, 0.3) is 6.20 Å². The number of hydrogen-bond donors (Lipinski definition) is 1. The predicted octanol–water partition coefficient (Wildman–Crippen LogP) is 1.52. The third-order valence-corrected chi connectivity index (χ3v) is 2.91. The molecule has 6 nitrogen and oxygen atoms in total. The van der Waals surface area contributed by atoms with Gasteiger partial charge in [-0.25, -0.2) is 4.98 Å². The smallest absolute Gasteiger partial charge is 0.274 e. The van der Waals surface area contributed by atoms with Gasteiger partial charge in [-0.3, -0.25) is 10.1 Å². The van der Waals surface area contributed by atoms with Gasteiger partial charge in [0.05, 0.1) is 11.5 Å². The van der Waals surface area contributed by atoms with Gasteiger partial charge in [-0.15, -0.1) is 11.3 Å². The molecule has 1 aromatic heterocycles. The molecule has 0 saturated heterocycles. The summed E-state index contributed by atoms with van der Waals surface area (Å²) >= 11 is 7.04. The van der Waals surface area contributed by atoms with Crippen LogP contribution < -0.4 is 5.32 Å². The molecule has 0 aliphatic heterocycles. The number of thiazole rings is 1. The van der Waals surface area contributed by atoms with Gasteiger partial charge in [0.15, 0.2) is 10.3 Å². The average Bonchev–Trinajstić information content (AvgIpc) is 2.60. The van der Waals surface area contributed by atoms with E-state index in [9.17, 15) is 10.1 Å². The summed E-state index contributed by atoms with van der Waals surface area (Å²) in [6.07, 6.45) is 2.57. The van der Waals surface area contributed by atoms with Gasteiger partial charge in [-0.05, 0) is 0 Å². The highest BCUT2D eigenvalue weighted by Gasteiger charge is 2.09. The lowest BCUT2D eigenvalue weighted by molar-refractivity contribution is -0.404. The number of nitrogens with one attached hydrogen (secondary N) is 1. The Hall–Kier alpha value is -1.34. The van der Waals surface area contributed by atoms with Crippen molar-refractivity contribution < 1.29 is 4.92 Å². The zero-order valence-corrected chi connectivity index (χ0v) is 10.4. The summed E-state index contributed by atoms with van der Waals surface area (Å²) < 4.78 is 0.465. The van der Waals surface area contributed by atoms with Gasteiger partial charge in [0, 0.05) is 25.2 Å². The fourth-order valence-corrected chi connectivity index (χ4v) is 2.16. The molecule has 0 spiro atoms. The lowest BCUT2D eigenvalue weighted by Crippen LogP contribution is -2.26. The van der Waals surface area contributed by atoms with Crippen molar-refractivity contribution >= 4 is 22.9 Å². The van der Waals surface area contributed by atoms with Crippen molar-refractivity contribution in [2.45, 2.75) is 6.54 Å². The Morgan fingerprint density at radius 2 is 2.56 bits per heavy atom. The SMILES string of the molecule is CN/C(=C\[N+](=O)[O-])N(C)Cc1cnc(Cl)s1. The molecule has 0 saturated carbocycles. The molecular formula is C8H11ClN4O2S. The standard InChI is InChI=1S/C8H11ClN4O2S/c1-10-7(5-13(14)15)12(2)4-6-3-11-8(9)16-6/h3,5,10H,4H2,1-2H3/b7-5+. The van der Waals surface area contributed by atoms with Crippen LogP contribution in [0.2, 0.25) is 4.47 Å². The fraction of sp³-hybridized carbons (Fsp3) is 0.375. The van der Waals surface area contributed by atoms with E-state index in [1.165, 1.54) is 11.3 Å². The van der Waals surface area contributed by atoms with Crippen molar-refractivity contribution in [1.82, 2.24) is 15.2 Å². The lowest BCUT2D eigenvalue weighted by atomic mass is 10.5. The van der Waals surface area contributed by atoms with E-state index in [0.717, 1.165) is 11.1 Å². The molecule has 0 radical (unpaired) electrons. The van der Waals surface area contributed by atoms with Crippen molar-refractivity contribution in [3.63, 3.8) is 0 Å². The molecule has 0 aliphatic rings. The minimum atomic E-state index is -0.498. The first-order chi connectivity index (χ1) is 7.52. The van der Waals surface area contributed by atoms with E-state index in [1.54, 1.807) is 25.2 Å². The molecule has 0 bridgehead atoms. The molecule has 0 atom stereocenters. The predicted molar refractivity (Wildman–Crippen MR) is 62.7 cm³/mol. The summed E-state index contributed by atoms with van der Waals surface area (Å²) in [7, 11) is 3.38. The van der Waals surface area contributed by atoms with Gasteiger partial charge < -0.3 is 10.2 Å². The van der Waals surface area contributed by atoms with E-state index < -0.39 is 4.92 Å². The normalized spacial score (nSPS) is 11.3. The first-order valence-corrected chi connectivity index (χ1v) is 5.56. The third kappa shape index (κ3) is 3.67. The quantitative estimate of drug-likeness (QED) is 0.644. The summed E-state index contributed by atoms with van der Waals surface area (Å²) in [5.41, 5.74) is 0. The Balaban J connectivity index is 2.70. The molecule has 0 aromatic carbocycles. The van der Waals surface area contributed by atoms with Gasteiger partial charge in [-0.2, -0.15) is 0 Å². The number of aromatic nitrogens is 1. The van der Waals surface area contributed by atoms with E-state index in [0.29, 0.717) is 16.8 Å². The highest BCUT2D eigenvalue weighted by Crippen LogP contribution is 2.19. The van der Waals surface area contributed by atoms with Crippen molar-refractivity contribution in [2.75, 3.05) is 14.1 Å². The maximum absolute atomic E-state index is 10.4. The van der Waals surface area contributed by atoms with Crippen LogP contribution in [0.1, 0.15) is 4.88 Å². The second-order valence-corrected chi connectivity index (χ2v) is 4.68. The topological polar surface area (TPSA) is 71.3 Å². The van der Waals surface area contributed by atoms with Gasteiger partial charge >= 0.3 is 0 Å². The molecule has 0 aliphatic carbocycles. The Labute approximate surface area is 102 Å². The Kier molecular flexibility index (Phi) is 4.51. The molecule has 1 heterocycles. The molecule has 16 heavy (non-hydrogen) atoms. The number of nitro groups is 1. The van der Waals surface area contributed by atoms with Gasteiger partial charge in [-0.1, -0.05) is 11.6 Å². The average molecular weight is 263 g/mol. The van der Waals surface area contributed by atoms with E-state index in [1.807, 2.05) is 0 Å². The molecular weight excluding hydrogens is 252 g/mol. The summed E-state index contributed by atoms with van der Waals surface area (Å²) in [6.45, 7) is 0.519. The molecule has 8 heteroatoms. The number of hydrogen-bond acceptors (Lipinski definition) is 6. The Morgan fingerprint density at radius 3 is 3.00 bits per heavy atom. The Bertz CT molecular complexity index is 406. The Morgan fingerprint density at radius 1 is 1.88 bits per heavy atom. The maximum Gasteiger partial charge on any atom is 0.274 e. The second kappa shape index (κ2) is 5.66. The van der Waals surface area contributed by atoms with Crippen LogP contribution in [0.15, 0.2) is 18.2 Å². The molecule has 1 rings (SSSR count). The number of rotatable bonds is 5. The van der Waals surface area contributed by atoms with Crippen LogP contribution in [0, 0.1) is 10.1 Å². The van der Waals surface area contributed by atoms with Crippen LogP contribution in [-0.2, 0) is 6.54 Å².